The van der Waals surface area contributed by atoms with E-state index < -0.39 is 0 Å². The highest BCUT2D eigenvalue weighted by Crippen LogP contribution is 2.38. The average molecular weight is 442 g/mol. The molecule has 3 heterocycles. The molecule has 1 saturated heterocycles. The van der Waals surface area contributed by atoms with Gasteiger partial charge in [0, 0.05) is 13.1 Å². The fourth-order valence-electron chi connectivity index (χ4n) is 4.91. The van der Waals surface area contributed by atoms with Crippen LogP contribution in [0.25, 0.3) is 16.3 Å². The lowest BCUT2D eigenvalue weighted by molar-refractivity contribution is 0.364. The van der Waals surface area contributed by atoms with Gasteiger partial charge in [0.1, 0.15) is 30.3 Å². The lowest BCUT2D eigenvalue weighted by atomic mass is 9.95. The molecule has 2 aliphatic rings. The highest BCUT2D eigenvalue weighted by atomic mass is 16.5. The number of ether oxygens (including phenoxy) is 1. The highest BCUT2D eigenvalue weighted by Gasteiger charge is 2.25. The number of nitrogens with one attached hydrogen (secondary N) is 1. The molecule has 0 atom stereocenters. The summed E-state index contributed by atoms with van der Waals surface area (Å²) in [5.41, 5.74) is 9.66. The SMILES string of the molecule is C=CCOc1ccc2cc(C3=CCCN(CC4CCNCC4)c4ncnc(N)c43)ccc2c1. The monoisotopic (exact) mass is 441 g/mol. The summed E-state index contributed by atoms with van der Waals surface area (Å²) in [6, 6.07) is 12.7. The Kier molecular flexibility index (Phi) is 6.26. The maximum atomic E-state index is 6.46. The zero-order valence-corrected chi connectivity index (χ0v) is 19.0. The third kappa shape index (κ3) is 4.57. The topological polar surface area (TPSA) is 76.3 Å². The maximum Gasteiger partial charge on any atom is 0.142 e. The summed E-state index contributed by atoms with van der Waals surface area (Å²) in [7, 11) is 0. The zero-order valence-electron chi connectivity index (χ0n) is 19.0. The highest BCUT2D eigenvalue weighted by molar-refractivity contribution is 5.94. The van der Waals surface area contributed by atoms with Crippen LogP contribution in [0, 0.1) is 5.92 Å². The van der Waals surface area contributed by atoms with Crippen molar-refractivity contribution in [1.82, 2.24) is 15.3 Å². The van der Waals surface area contributed by atoms with E-state index in [0.29, 0.717) is 18.3 Å². The molecule has 0 amide bonds. The van der Waals surface area contributed by atoms with Crippen LogP contribution in [0.5, 0.6) is 5.75 Å². The average Bonchev–Trinajstić information content (AvgIpc) is 3.03. The van der Waals surface area contributed by atoms with E-state index in [1.54, 1.807) is 12.4 Å². The third-order valence-electron chi connectivity index (χ3n) is 6.60. The van der Waals surface area contributed by atoms with Crippen LogP contribution in [0.4, 0.5) is 11.6 Å². The number of fused-ring (bicyclic) bond motifs is 2. The molecule has 1 aromatic heterocycles. The first-order chi connectivity index (χ1) is 16.2. The van der Waals surface area contributed by atoms with Gasteiger partial charge in [-0.3, -0.25) is 0 Å². The summed E-state index contributed by atoms with van der Waals surface area (Å²) in [4.78, 5) is 11.5. The first-order valence-corrected chi connectivity index (χ1v) is 11.8. The van der Waals surface area contributed by atoms with Crippen molar-refractivity contribution in [2.75, 3.05) is 43.4 Å². The van der Waals surface area contributed by atoms with Crippen LogP contribution in [0.2, 0.25) is 0 Å². The Morgan fingerprint density at radius 1 is 1.12 bits per heavy atom. The number of aromatic nitrogens is 2. The molecular formula is C27H31N5O. The van der Waals surface area contributed by atoms with Crippen molar-refractivity contribution >= 4 is 28.0 Å². The zero-order chi connectivity index (χ0) is 22.6. The van der Waals surface area contributed by atoms with Crippen molar-refractivity contribution in [2.24, 2.45) is 5.92 Å². The molecule has 0 saturated carbocycles. The molecule has 3 aromatic rings. The van der Waals surface area contributed by atoms with Crippen LogP contribution in [-0.4, -0.2) is 42.8 Å². The molecular weight excluding hydrogens is 410 g/mol. The molecule has 0 unspecified atom stereocenters. The fraction of sp³-hybridized carbons (Fsp3) is 0.333. The van der Waals surface area contributed by atoms with E-state index in [1.807, 2.05) is 6.07 Å². The molecule has 2 aliphatic heterocycles. The summed E-state index contributed by atoms with van der Waals surface area (Å²) in [6.45, 7) is 8.36. The number of hydrogen-bond acceptors (Lipinski definition) is 6. The number of nitrogens with two attached hydrogens (primary N) is 1. The molecule has 2 aromatic carbocycles. The molecule has 0 aliphatic carbocycles. The van der Waals surface area contributed by atoms with Crippen molar-refractivity contribution in [3.8, 4) is 5.75 Å². The summed E-state index contributed by atoms with van der Waals surface area (Å²) in [6.07, 6.45) is 9.00. The molecule has 6 heteroatoms. The lowest BCUT2D eigenvalue weighted by Crippen LogP contribution is -2.37. The minimum Gasteiger partial charge on any atom is -0.490 e. The van der Waals surface area contributed by atoms with Gasteiger partial charge >= 0.3 is 0 Å². The molecule has 170 valence electrons. The van der Waals surface area contributed by atoms with Crippen LogP contribution in [0.3, 0.4) is 0 Å². The van der Waals surface area contributed by atoms with Crippen molar-refractivity contribution in [3.05, 3.63) is 72.6 Å². The van der Waals surface area contributed by atoms with Gasteiger partial charge in [0.15, 0.2) is 0 Å². The van der Waals surface area contributed by atoms with Gasteiger partial charge < -0.3 is 20.7 Å². The van der Waals surface area contributed by atoms with Gasteiger partial charge in [0.25, 0.3) is 0 Å². The molecule has 5 rings (SSSR count). The smallest absolute Gasteiger partial charge is 0.142 e. The quantitative estimate of drug-likeness (QED) is 0.552. The predicted molar refractivity (Wildman–Crippen MR) is 136 cm³/mol. The second-order valence-corrected chi connectivity index (χ2v) is 8.83. The van der Waals surface area contributed by atoms with Crippen molar-refractivity contribution in [3.63, 3.8) is 0 Å². The molecule has 0 spiro atoms. The largest absolute Gasteiger partial charge is 0.490 e. The Hall–Kier alpha value is -3.38. The molecule has 6 nitrogen and oxygen atoms in total. The van der Waals surface area contributed by atoms with E-state index in [9.17, 15) is 0 Å². The fourth-order valence-corrected chi connectivity index (χ4v) is 4.91. The van der Waals surface area contributed by atoms with Gasteiger partial charge in [-0.25, -0.2) is 9.97 Å². The Morgan fingerprint density at radius 2 is 1.94 bits per heavy atom. The number of hydrogen-bond donors (Lipinski definition) is 2. The molecule has 33 heavy (non-hydrogen) atoms. The maximum absolute atomic E-state index is 6.46. The normalized spacial score (nSPS) is 16.7. The number of piperidine rings is 1. The first-order valence-electron chi connectivity index (χ1n) is 11.8. The van der Waals surface area contributed by atoms with Crippen LogP contribution >= 0.6 is 0 Å². The lowest BCUT2D eigenvalue weighted by Gasteiger charge is -2.31. The van der Waals surface area contributed by atoms with Crippen LogP contribution in [0.15, 0.2) is 61.5 Å². The molecule has 0 bridgehead atoms. The predicted octanol–water partition coefficient (Wildman–Crippen LogP) is 4.42. The number of nitrogen functional groups attached to an aromatic ring is 1. The van der Waals surface area contributed by atoms with E-state index in [4.69, 9.17) is 15.5 Å². The summed E-state index contributed by atoms with van der Waals surface area (Å²) < 4.78 is 5.69. The van der Waals surface area contributed by atoms with Crippen molar-refractivity contribution in [2.45, 2.75) is 19.3 Å². The van der Waals surface area contributed by atoms with Crippen molar-refractivity contribution in [1.29, 1.82) is 0 Å². The Labute approximate surface area is 195 Å². The summed E-state index contributed by atoms with van der Waals surface area (Å²) in [5.74, 6) is 3.02. The van der Waals surface area contributed by atoms with Crippen LogP contribution in [-0.2, 0) is 0 Å². The first kappa shape index (κ1) is 21.5. The minimum absolute atomic E-state index is 0.500. The summed E-state index contributed by atoms with van der Waals surface area (Å²) in [5, 5.41) is 5.76. The third-order valence-corrected chi connectivity index (χ3v) is 6.60. The van der Waals surface area contributed by atoms with Gasteiger partial charge in [-0.15, -0.1) is 0 Å². The minimum atomic E-state index is 0.500. The van der Waals surface area contributed by atoms with E-state index in [1.165, 1.54) is 12.8 Å². The Bertz CT molecular complexity index is 1180. The molecule has 1 fully saturated rings. The van der Waals surface area contributed by atoms with Crippen LogP contribution in [0.1, 0.15) is 30.4 Å². The standard InChI is InChI=1S/C27H31N5O/c1-2-14-33-23-8-7-20-15-22(6-5-21(20)16-23)24-4-3-13-32(17-19-9-11-29-12-10-19)27-25(24)26(28)30-18-31-27/h2,4-8,15-16,18-19,29H,1,3,9-14,17H2,(H2,28,30,31). The van der Waals surface area contributed by atoms with E-state index >= 15 is 0 Å². The van der Waals surface area contributed by atoms with Crippen molar-refractivity contribution < 1.29 is 4.74 Å². The number of anilines is 2. The molecule has 3 N–H and O–H groups in total. The summed E-state index contributed by atoms with van der Waals surface area (Å²) >= 11 is 0. The van der Waals surface area contributed by atoms with Gasteiger partial charge in [-0.1, -0.05) is 36.9 Å². The molecule has 0 radical (unpaired) electrons. The number of nitrogens with zero attached hydrogens (tertiary/aromatic N) is 3. The number of benzene rings is 2. The number of rotatable bonds is 6. The second-order valence-electron chi connectivity index (χ2n) is 8.83. The van der Waals surface area contributed by atoms with Gasteiger partial charge in [0.2, 0.25) is 0 Å². The van der Waals surface area contributed by atoms with Gasteiger partial charge in [-0.05, 0) is 78.4 Å². The Balaban J connectivity index is 1.49. The van der Waals surface area contributed by atoms with E-state index in [-0.39, 0.29) is 0 Å². The van der Waals surface area contributed by atoms with Crippen LogP contribution < -0.4 is 20.7 Å². The van der Waals surface area contributed by atoms with E-state index in [0.717, 1.165) is 71.6 Å². The Morgan fingerprint density at radius 3 is 2.79 bits per heavy atom. The van der Waals surface area contributed by atoms with Gasteiger partial charge in [-0.2, -0.15) is 0 Å². The van der Waals surface area contributed by atoms with E-state index in [2.05, 4.69) is 58.2 Å². The van der Waals surface area contributed by atoms with Gasteiger partial charge in [0.05, 0.1) is 5.56 Å². The second kappa shape index (κ2) is 9.63.